The van der Waals surface area contributed by atoms with Gasteiger partial charge in [-0.2, -0.15) is 10.4 Å². The Hall–Kier alpha value is -1.05. The molecule has 5 heteroatoms. The van der Waals surface area contributed by atoms with Crippen molar-refractivity contribution in [3.05, 3.63) is 16.4 Å². The lowest BCUT2D eigenvalue weighted by atomic mass is 10.2. The van der Waals surface area contributed by atoms with Crippen LogP contribution in [-0.4, -0.2) is 27.8 Å². The maximum Gasteiger partial charge on any atom is 0.131 e. The summed E-state index contributed by atoms with van der Waals surface area (Å²) >= 11 is 6.10. The Balaban J connectivity index is 2.86. The molecular formula is C10H15ClN4. The quantitative estimate of drug-likeness (QED) is 0.789. The molecule has 0 saturated heterocycles. The fraction of sp³-hybridized carbons (Fsp3) is 0.600. The zero-order valence-electron chi connectivity index (χ0n) is 9.45. The largest absolute Gasteiger partial charge is 0.287 e. The maximum absolute atomic E-state index is 8.78. The highest BCUT2D eigenvalue weighted by atomic mass is 35.5. The van der Waals surface area contributed by atoms with Crippen LogP contribution in [0.5, 0.6) is 0 Å². The van der Waals surface area contributed by atoms with Gasteiger partial charge in [-0.25, -0.2) is 0 Å². The molecule has 82 valence electrons. The molecule has 1 rings (SSSR count). The van der Waals surface area contributed by atoms with E-state index in [2.05, 4.69) is 11.2 Å². The van der Waals surface area contributed by atoms with Crippen molar-refractivity contribution >= 4 is 11.6 Å². The van der Waals surface area contributed by atoms with Crippen molar-refractivity contribution in [1.29, 1.82) is 5.26 Å². The summed E-state index contributed by atoms with van der Waals surface area (Å²) in [6, 6.07) is 2.06. The average Bonchev–Trinajstić information content (AvgIpc) is 2.43. The Bertz CT molecular complexity index is 391. The third kappa shape index (κ3) is 2.49. The van der Waals surface area contributed by atoms with Crippen LogP contribution in [0.1, 0.15) is 18.2 Å². The van der Waals surface area contributed by atoms with Crippen LogP contribution in [0.4, 0.5) is 0 Å². The van der Waals surface area contributed by atoms with E-state index >= 15 is 0 Å². The molecule has 0 fully saturated rings. The molecule has 0 bridgehead atoms. The summed E-state index contributed by atoms with van der Waals surface area (Å²) in [5.74, 6) is 0. The molecule has 4 nitrogen and oxygen atoms in total. The number of halogens is 1. The molecule has 1 aromatic heterocycles. The molecule has 0 aliphatic heterocycles. The smallest absolute Gasteiger partial charge is 0.131 e. The summed E-state index contributed by atoms with van der Waals surface area (Å²) in [4.78, 5) is 1.94. The summed E-state index contributed by atoms with van der Waals surface area (Å²) in [6.07, 6.45) is 0. The Kier molecular flexibility index (Phi) is 3.72. The van der Waals surface area contributed by atoms with Crippen LogP contribution in [0.25, 0.3) is 0 Å². The molecule has 15 heavy (non-hydrogen) atoms. The predicted octanol–water partition coefficient (Wildman–Crippen LogP) is 1.73. The second kappa shape index (κ2) is 4.65. The van der Waals surface area contributed by atoms with E-state index in [-0.39, 0.29) is 6.04 Å². The van der Waals surface area contributed by atoms with Crippen LogP contribution in [0.15, 0.2) is 0 Å². The number of aryl methyl sites for hydroxylation is 2. The second-order valence-corrected chi connectivity index (χ2v) is 4.06. The first-order chi connectivity index (χ1) is 6.97. The first-order valence-electron chi connectivity index (χ1n) is 4.75. The molecule has 0 aromatic carbocycles. The Morgan fingerprint density at radius 2 is 2.27 bits per heavy atom. The molecule has 1 unspecified atom stereocenters. The molecule has 0 amide bonds. The molecule has 1 heterocycles. The highest BCUT2D eigenvalue weighted by Crippen LogP contribution is 2.20. The van der Waals surface area contributed by atoms with Gasteiger partial charge in [-0.05, 0) is 20.9 Å². The molecule has 0 aliphatic rings. The van der Waals surface area contributed by atoms with Gasteiger partial charge in [-0.1, -0.05) is 11.6 Å². The van der Waals surface area contributed by atoms with Gasteiger partial charge >= 0.3 is 0 Å². The van der Waals surface area contributed by atoms with Crippen molar-refractivity contribution < 1.29 is 0 Å². The van der Waals surface area contributed by atoms with E-state index in [0.717, 1.165) is 11.3 Å². The minimum atomic E-state index is -0.124. The van der Waals surface area contributed by atoms with E-state index in [0.29, 0.717) is 11.7 Å². The predicted molar refractivity (Wildman–Crippen MR) is 59.5 cm³/mol. The lowest BCUT2D eigenvalue weighted by Crippen LogP contribution is -2.27. The third-order valence-electron chi connectivity index (χ3n) is 2.53. The van der Waals surface area contributed by atoms with Crippen LogP contribution >= 0.6 is 11.6 Å². The number of nitrogens with zero attached hydrogens (tertiary/aromatic N) is 4. The maximum atomic E-state index is 8.78. The molecule has 0 aliphatic carbocycles. The Morgan fingerprint density at radius 3 is 2.67 bits per heavy atom. The van der Waals surface area contributed by atoms with E-state index < -0.39 is 0 Å². The molecule has 1 atom stereocenters. The number of aromatic nitrogens is 2. The number of rotatable bonds is 3. The highest BCUT2D eigenvalue weighted by molar-refractivity contribution is 6.30. The molecular weight excluding hydrogens is 212 g/mol. The van der Waals surface area contributed by atoms with Crippen LogP contribution < -0.4 is 0 Å². The Labute approximate surface area is 95.0 Å². The zero-order valence-corrected chi connectivity index (χ0v) is 10.2. The summed E-state index contributed by atoms with van der Waals surface area (Å²) in [6.45, 7) is 4.43. The molecule has 0 N–H and O–H groups in total. The number of hydrogen-bond acceptors (Lipinski definition) is 3. The van der Waals surface area contributed by atoms with Gasteiger partial charge < -0.3 is 0 Å². The van der Waals surface area contributed by atoms with Crippen molar-refractivity contribution in [3.8, 4) is 6.07 Å². The lowest BCUT2D eigenvalue weighted by molar-refractivity contribution is 0.294. The molecule has 0 saturated carbocycles. The minimum Gasteiger partial charge on any atom is -0.287 e. The van der Waals surface area contributed by atoms with E-state index in [1.54, 1.807) is 4.68 Å². The SMILES string of the molecule is Cc1nn(C)c(Cl)c1CN(C)C(C)C#N. The van der Waals surface area contributed by atoms with Gasteiger partial charge in [0.05, 0.1) is 17.8 Å². The van der Waals surface area contributed by atoms with E-state index in [1.807, 2.05) is 32.8 Å². The van der Waals surface area contributed by atoms with Gasteiger partial charge in [0.2, 0.25) is 0 Å². The fourth-order valence-electron chi connectivity index (χ4n) is 1.34. The van der Waals surface area contributed by atoms with Crippen molar-refractivity contribution in [2.45, 2.75) is 26.4 Å². The first kappa shape index (κ1) is 12.0. The summed E-state index contributed by atoms with van der Waals surface area (Å²) < 4.78 is 1.65. The highest BCUT2D eigenvalue weighted by Gasteiger charge is 2.15. The van der Waals surface area contributed by atoms with Gasteiger partial charge in [0.25, 0.3) is 0 Å². The first-order valence-corrected chi connectivity index (χ1v) is 5.13. The van der Waals surface area contributed by atoms with Crippen molar-refractivity contribution in [3.63, 3.8) is 0 Å². The average molecular weight is 227 g/mol. The van der Waals surface area contributed by atoms with Crippen LogP contribution in [0.3, 0.4) is 0 Å². The summed E-state index contributed by atoms with van der Waals surface area (Å²) in [5.41, 5.74) is 1.91. The normalized spacial score (nSPS) is 12.9. The molecule has 0 radical (unpaired) electrons. The molecule has 1 aromatic rings. The van der Waals surface area contributed by atoms with Crippen LogP contribution in [0.2, 0.25) is 5.15 Å². The minimum absolute atomic E-state index is 0.124. The van der Waals surface area contributed by atoms with Gasteiger partial charge in [0.1, 0.15) is 5.15 Å². The van der Waals surface area contributed by atoms with E-state index in [1.165, 1.54) is 0 Å². The Morgan fingerprint density at radius 1 is 1.67 bits per heavy atom. The summed E-state index contributed by atoms with van der Waals surface area (Å²) in [5, 5.41) is 13.6. The van der Waals surface area contributed by atoms with Gasteiger partial charge in [-0.3, -0.25) is 9.58 Å². The second-order valence-electron chi connectivity index (χ2n) is 3.70. The van der Waals surface area contributed by atoms with Crippen LogP contribution in [-0.2, 0) is 13.6 Å². The van der Waals surface area contributed by atoms with Crippen LogP contribution in [0, 0.1) is 18.3 Å². The van der Waals surface area contributed by atoms with E-state index in [9.17, 15) is 0 Å². The van der Waals surface area contributed by atoms with Gasteiger partial charge in [-0.15, -0.1) is 0 Å². The number of hydrogen-bond donors (Lipinski definition) is 0. The van der Waals surface area contributed by atoms with Crippen molar-refractivity contribution in [1.82, 2.24) is 14.7 Å². The fourth-order valence-corrected chi connectivity index (χ4v) is 1.57. The zero-order chi connectivity index (χ0) is 11.6. The van der Waals surface area contributed by atoms with E-state index in [4.69, 9.17) is 16.9 Å². The third-order valence-corrected chi connectivity index (χ3v) is 3.00. The topological polar surface area (TPSA) is 44.9 Å². The van der Waals surface area contributed by atoms with Crippen molar-refractivity contribution in [2.24, 2.45) is 7.05 Å². The monoisotopic (exact) mass is 226 g/mol. The number of nitriles is 1. The standard InChI is InChI=1S/C10H15ClN4/c1-7(5-12)14(3)6-9-8(2)13-15(4)10(9)11/h7H,6H2,1-4H3. The van der Waals surface area contributed by atoms with Gasteiger partial charge in [0.15, 0.2) is 0 Å². The van der Waals surface area contributed by atoms with Gasteiger partial charge in [0, 0.05) is 19.2 Å². The van der Waals surface area contributed by atoms with Crippen molar-refractivity contribution in [2.75, 3.05) is 7.05 Å². The summed E-state index contributed by atoms with van der Waals surface area (Å²) in [7, 11) is 3.71. The molecule has 0 spiro atoms. The lowest BCUT2D eigenvalue weighted by Gasteiger charge is -2.18.